The minimum atomic E-state index is -1.55. The molecule has 1 saturated heterocycles. The predicted molar refractivity (Wildman–Crippen MR) is 82.0 cm³/mol. The summed E-state index contributed by atoms with van der Waals surface area (Å²) in [5, 5.41) is 10.6. The van der Waals surface area contributed by atoms with E-state index in [0.717, 1.165) is 5.56 Å². The van der Waals surface area contributed by atoms with Gasteiger partial charge >= 0.3 is 0 Å². The highest BCUT2D eigenvalue weighted by Crippen LogP contribution is 2.44. The van der Waals surface area contributed by atoms with Crippen LogP contribution >= 0.6 is 0 Å². The van der Waals surface area contributed by atoms with Gasteiger partial charge in [0.25, 0.3) is 5.91 Å². The molecule has 1 N–H and O–H groups in total. The lowest BCUT2D eigenvalue weighted by Gasteiger charge is -2.20. The molecule has 1 fully saturated rings. The van der Waals surface area contributed by atoms with Gasteiger partial charge in [0.15, 0.2) is 11.9 Å². The van der Waals surface area contributed by atoms with Crippen LogP contribution in [0.1, 0.15) is 24.3 Å². The number of para-hydroxylation sites is 1. The number of rotatable bonds is 2. The molecule has 6 nitrogen and oxygen atoms in total. The highest BCUT2D eigenvalue weighted by atomic mass is 16.7. The molecule has 0 spiro atoms. The first-order valence-electron chi connectivity index (χ1n) is 7.43. The summed E-state index contributed by atoms with van der Waals surface area (Å²) in [6.07, 6.45) is 2.79. The number of hydrogen-bond acceptors (Lipinski definition) is 5. The van der Waals surface area contributed by atoms with Crippen molar-refractivity contribution in [2.24, 2.45) is 0 Å². The van der Waals surface area contributed by atoms with Crippen molar-refractivity contribution in [2.45, 2.75) is 18.8 Å². The Bertz CT molecular complexity index is 769. The lowest BCUT2D eigenvalue weighted by molar-refractivity contribution is -0.133. The van der Waals surface area contributed by atoms with Crippen molar-refractivity contribution >= 4 is 17.3 Å². The quantitative estimate of drug-likeness (QED) is 0.918. The fourth-order valence-corrected chi connectivity index (χ4v) is 3.03. The fourth-order valence-electron chi connectivity index (χ4n) is 3.03. The number of carbonyl (C=O) groups is 1. The summed E-state index contributed by atoms with van der Waals surface area (Å²) >= 11 is 0. The van der Waals surface area contributed by atoms with Gasteiger partial charge in [-0.1, -0.05) is 18.2 Å². The van der Waals surface area contributed by atoms with E-state index in [1.807, 2.05) is 12.1 Å². The Labute approximate surface area is 133 Å². The predicted octanol–water partition coefficient (Wildman–Crippen LogP) is 2.01. The standard InChI is InChI=1S/C17H16N2O4/c1-17(21)13-4-2-3-5-14(13)19(16(17)20)12-8-11(9-18-10-12)15-22-6-7-23-15/h2-5,8-10,15,21H,6-7H2,1H3. The molecular formula is C17H16N2O4. The van der Waals surface area contributed by atoms with Gasteiger partial charge in [-0.05, 0) is 19.1 Å². The molecule has 118 valence electrons. The molecule has 0 radical (unpaired) electrons. The molecule has 2 aliphatic heterocycles. The van der Waals surface area contributed by atoms with Crippen LogP contribution < -0.4 is 4.90 Å². The van der Waals surface area contributed by atoms with Gasteiger partial charge in [-0.25, -0.2) is 0 Å². The number of anilines is 2. The van der Waals surface area contributed by atoms with Crippen LogP contribution in [0.15, 0.2) is 42.7 Å². The number of carbonyl (C=O) groups excluding carboxylic acids is 1. The third kappa shape index (κ3) is 2.15. The molecule has 0 bridgehead atoms. The Kier molecular flexibility index (Phi) is 3.19. The fraction of sp³-hybridized carbons (Fsp3) is 0.294. The normalized spacial score (nSPS) is 24.3. The third-order valence-corrected chi connectivity index (χ3v) is 4.19. The number of fused-ring (bicyclic) bond motifs is 1. The Morgan fingerprint density at radius 3 is 2.78 bits per heavy atom. The summed E-state index contributed by atoms with van der Waals surface area (Å²) in [6.45, 7) is 2.58. The molecule has 23 heavy (non-hydrogen) atoms. The molecule has 1 aromatic heterocycles. The molecule has 0 aliphatic carbocycles. The summed E-state index contributed by atoms with van der Waals surface area (Å²) in [7, 11) is 0. The first-order valence-corrected chi connectivity index (χ1v) is 7.43. The maximum Gasteiger partial charge on any atom is 0.267 e. The van der Waals surface area contributed by atoms with Crippen molar-refractivity contribution in [3.8, 4) is 0 Å². The molecule has 0 saturated carbocycles. The number of hydrogen-bond donors (Lipinski definition) is 1. The van der Waals surface area contributed by atoms with E-state index in [9.17, 15) is 9.90 Å². The maximum absolute atomic E-state index is 12.7. The molecule has 1 amide bonds. The summed E-state index contributed by atoms with van der Waals surface area (Å²) < 4.78 is 11.0. The zero-order chi connectivity index (χ0) is 16.0. The summed E-state index contributed by atoms with van der Waals surface area (Å²) in [4.78, 5) is 18.4. The van der Waals surface area contributed by atoms with Crippen LogP contribution in [0.5, 0.6) is 0 Å². The van der Waals surface area contributed by atoms with E-state index in [-0.39, 0.29) is 0 Å². The number of aromatic nitrogens is 1. The summed E-state index contributed by atoms with van der Waals surface area (Å²) in [6, 6.07) is 9.01. The first kappa shape index (κ1) is 14.3. The number of nitrogens with zero attached hydrogens (tertiary/aromatic N) is 2. The highest BCUT2D eigenvalue weighted by Gasteiger charge is 2.46. The van der Waals surface area contributed by atoms with Crippen LogP contribution in [0.4, 0.5) is 11.4 Å². The average molecular weight is 312 g/mol. The van der Waals surface area contributed by atoms with Gasteiger partial charge in [-0.15, -0.1) is 0 Å². The van der Waals surface area contributed by atoms with E-state index in [4.69, 9.17) is 9.47 Å². The third-order valence-electron chi connectivity index (χ3n) is 4.19. The van der Waals surface area contributed by atoms with Crippen molar-refractivity contribution in [2.75, 3.05) is 18.1 Å². The Balaban J connectivity index is 1.79. The molecule has 2 aliphatic rings. The van der Waals surface area contributed by atoms with Crippen LogP contribution in [-0.4, -0.2) is 29.2 Å². The van der Waals surface area contributed by atoms with Crippen molar-refractivity contribution in [3.63, 3.8) is 0 Å². The molecule has 1 unspecified atom stereocenters. The van der Waals surface area contributed by atoms with E-state index in [0.29, 0.717) is 30.2 Å². The number of benzene rings is 1. The number of amides is 1. The zero-order valence-electron chi connectivity index (χ0n) is 12.6. The van der Waals surface area contributed by atoms with Gasteiger partial charge in [0.05, 0.1) is 30.8 Å². The summed E-state index contributed by atoms with van der Waals surface area (Å²) in [5.41, 5.74) is 1.03. The van der Waals surface area contributed by atoms with Gasteiger partial charge in [0.1, 0.15) is 0 Å². The smallest absolute Gasteiger partial charge is 0.267 e. The molecule has 1 aromatic carbocycles. The van der Waals surface area contributed by atoms with Crippen LogP contribution in [0.2, 0.25) is 0 Å². The zero-order valence-corrected chi connectivity index (χ0v) is 12.6. The first-order chi connectivity index (χ1) is 11.1. The van der Waals surface area contributed by atoms with E-state index >= 15 is 0 Å². The monoisotopic (exact) mass is 312 g/mol. The second kappa shape index (κ2) is 5.13. The van der Waals surface area contributed by atoms with Crippen LogP contribution in [0.25, 0.3) is 0 Å². The van der Waals surface area contributed by atoms with Crippen LogP contribution in [0, 0.1) is 0 Å². The van der Waals surface area contributed by atoms with E-state index < -0.39 is 17.8 Å². The minimum Gasteiger partial charge on any atom is -0.375 e. The number of aliphatic hydroxyl groups is 1. The molecule has 1 atom stereocenters. The highest BCUT2D eigenvalue weighted by molar-refractivity contribution is 6.11. The molecular weight excluding hydrogens is 296 g/mol. The van der Waals surface area contributed by atoms with Crippen LogP contribution in [-0.2, 0) is 19.9 Å². The molecule has 2 aromatic rings. The van der Waals surface area contributed by atoms with Gasteiger partial charge in [-0.2, -0.15) is 0 Å². The van der Waals surface area contributed by atoms with Gasteiger partial charge < -0.3 is 14.6 Å². The van der Waals surface area contributed by atoms with Crippen molar-refractivity contribution in [1.82, 2.24) is 4.98 Å². The van der Waals surface area contributed by atoms with E-state index in [2.05, 4.69) is 4.98 Å². The lowest BCUT2D eigenvalue weighted by Crippen LogP contribution is -2.35. The molecule has 4 rings (SSSR count). The van der Waals surface area contributed by atoms with Gasteiger partial charge in [0, 0.05) is 17.3 Å². The second-order valence-electron chi connectivity index (χ2n) is 5.78. The lowest BCUT2D eigenvalue weighted by atomic mass is 9.98. The number of pyridine rings is 1. The van der Waals surface area contributed by atoms with Crippen LogP contribution in [0.3, 0.4) is 0 Å². The van der Waals surface area contributed by atoms with Gasteiger partial charge in [-0.3, -0.25) is 14.7 Å². The molecule has 3 heterocycles. The van der Waals surface area contributed by atoms with Crippen molar-refractivity contribution in [1.29, 1.82) is 0 Å². The minimum absolute atomic E-state index is 0.397. The topological polar surface area (TPSA) is 71.9 Å². The Hall–Kier alpha value is -2.28. The number of ether oxygens (including phenoxy) is 2. The largest absolute Gasteiger partial charge is 0.375 e. The second-order valence-corrected chi connectivity index (χ2v) is 5.78. The Morgan fingerprint density at radius 1 is 1.26 bits per heavy atom. The van der Waals surface area contributed by atoms with Gasteiger partial charge in [0.2, 0.25) is 0 Å². The SMILES string of the molecule is CC1(O)C(=O)N(c2cncc(C3OCCO3)c2)c2ccccc21. The Morgan fingerprint density at radius 2 is 2.00 bits per heavy atom. The average Bonchev–Trinajstić information content (AvgIpc) is 3.16. The van der Waals surface area contributed by atoms with E-state index in [1.54, 1.807) is 30.6 Å². The van der Waals surface area contributed by atoms with Crippen molar-refractivity contribution < 1.29 is 19.4 Å². The molecule has 6 heteroatoms. The van der Waals surface area contributed by atoms with Crippen molar-refractivity contribution in [3.05, 3.63) is 53.9 Å². The summed E-state index contributed by atoms with van der Waals surface area (Å²) in [5.74, 6) is -0.397. The van der Waals surface area contributed by atoms with E-state index in [1.165, 1.54) is 11.8 Å². The maximum atomic E-state index is 12.7.